The molecule has 0 unspecified atom stereocenters. The van der Waals surface area contributed by atoms with E-state index in [0.29, 0.717) is 19.8 Å². The SMILES string of the molecule is CC1(CO[Si](C)(C)C(C)(C)C)OCCO1. The molecule has 0 bridgehead atoms. The molecule has 3 nitrogen and oxygen atoms in total. The molecule has 0 spiro atoms. The summed E-state index contributed by atoms with van der Waals surface area (Å²) in [7, 11) is -1.68. The van der Waals surface area contributed by atoms with Crippen LogP contribution in [0.1, 0.15) is 27.7 Å². The first-order valence-corrected chi connectivity index (χ1v) is 8.49. The quantitative estimate of drug-likeness (QED) is 0.700. The number of rotatable bonds is 3. The molecular weight excluding hydrogens is 208 g/mol. The smallest absolute Gasteiger partial charge is 0.192 e. The highest BCUT2D eigenvalue weighted by atomic mass is 28.4. The average Bonchev–Trinajstić information content (AvgIpc) is 2.48. The lowest BCUT2D eigenvalue weighted by molar-refractivity contribution is -0.164. The largest absolute Gasteiger partial charge is 0.411 e. The maximum absolute atomic E-state index is 6.07. The van der Waals surface area contributed by atoms with E-state index in [9.17, 15) is 0 Å². The van der Waals surface area contributed by atoms with Gasteiger partial charge in [-0.05, 0) is 25.1 Å². The second kappa shape index (κ2) is 4.16. The molecule has 0 radical (unpaired) electrons. The first kappa shape index (κ1) is 13.2. The van der Waals surface area contributed by atoms with Gasteiger partial charge in [0.15, 0.2) is 14.1 Å². The maximum atomic E-state index is 6.07. The van der Waals surface area contributed by atoms with Crippen LogP contribution < -0.4 is 0 Å². The van der Waals surface area contributed by atoms with Gasteiger partial charge in [0.2, 0.25) is 0 Å². The van der Waals surface area contributed by atoms with E-state index in [0.717, 1.165) is 0 Å². The van der Waals surface area contributed by atoms with E-state index in [1.165, 1.54) is 0 Å². The van der Waals surface area contributed by atoms with Gasteiger partial charge in [-0.2, -0.15) is 0 Å². The van der Waals surface area contributed by atoms with Crippen LogP contribution in [-0.4, -0.2) is 33.9 Å². The van der Waals surface area contributed by atoms with Crippen molar-refractivity contribution < 1.29 is 13.9 Å². The zero-order valence-corrected chi connectivity index (χ0v) is 11.8. The fourth-order valence-electron chi connectivity index (χ4n) is 1.17. The van der Waals surface area contributed by atoms with Crippen molar-refractivity contribution in [3.8, 4) is 0 Å². The number of ether oxygens (including phenoxy) is 2. The highest BCUT2D eigenvalue weighted by Crippen LogP contribution is 2.37. The Morgan fingerprint density at radius 2 is 1.67 bits per heavy atom. The van der Waals surface area contributed by atoms with Crippen LogP contribution in [0.15, 0.2) is 0 Å². The van der Waals surface area contributed by atoms with Gasteiger partial charge < -0.3 is 13.9 Å². The summed E-state index contributed by atoms with van der Waals surface area (Å²) in [6.45, 7) is 15.0. The third-order valence-electron chi connectivity index (χ3n) is 3.40. The lowest BCUT2D eigenvalue weighted by Crippen LogP contribution is -2.45. The van der Waals surface area contributed by atoms with Gasteiger partial charge in [0, 0.05) is 0 Å². The van der Waals surface area contributed by atoms with Crippen molar-refractivity contribution >= 4 is 8.32 Å². The standard InChI is InChI=1S/C11H24O3Si/c1-10(2,3)15(5,6)14-9-11(4)12-7-8-13-11/h7-9H2,1-6H3. The number of hydrogen-bond acceptors (Lipinski definition) is 3. The summed E-state index contributed by atoms with van der Waals surface area (Å²) in [6.07, 6.45) is 0. The molecule has 4 heteroatoms. The van der Waals surface area contributed by atoms with Gasteiger partial charge in [0.25, 0.3) is 0 Å². The van der Waals surface area contributed by atoms with Crippen LogP contribution in [-0.2, 0) is 13.9 Å². The van der Waals surface area contributed by atoms with E-state index >= 15 is 0 Å². The second-order valence-corrected chi connectivity index (χ2v) is 10.7. The molecule has 0 atom stereocenters. The van der Waals surface area contributed by atoms with Crippen molar-refractivity contribution in [3.05, 3.63) is 0 Å². The summed E-state index contributed by atoms with van der Waals surface area (Å²) in [5.41, 5.74) is 0. The first-order chi connectivity index (χ1) is 6.66. The highest BCUT2D eigenvalue weighted by Gasteiger charge is 2.40. The molecule has 1 heterocycles. The van der Waals surface area contributed by atoms with Crippen molar-refractivity contribution in [1.29, 1.82) is 0 Å². The van der Waals surface area contributed by atoms with Gasteiger partial charge in [0.1, 0.15) is 0 Å². The zero-order chi connectivity index (χ0) is 11.7. The summed E-state index contributed by atoms with van der Waals surface area (Å²) >= 11 is 0. The predicted octanol–water partition coefficient (Wildman–Crippen LogP) is 2.77. The first-order valence-electron chi connectivity index (χ1n) is 5.58. The molecule has 0 aromatic carbocycles. The Balaban J connectivity index is 2.49. The maximum Gasteiger partial charge on any atom is 0.192 e. The van der Waals surface area contributed by atoms with Crippen molar-refractivity contribution in [2.75, 3.05) is 19.8 Å². The van der Waals surface area contributed by atoms with Crippen LogP contribution in [0.2, 0.25) is 18.1 Å². The van der Waals surface area contributed by atoms with E-state index in [2.05, 4.69) is 33.9 Å². The third-order valence-corrected chi connectivity index (χ3v) is 7.88. The van der Waals surface area contributed by atoms with E-state index in [1.54, 1.807) is 0 Å². The highest BCUT2D eigenvalue weighted by molar-refractivity contribution is 6.74. The van der Waals surface area contributed by atoms with Crippen molar-refractivity contribution in [1.82, 2.24) is 0 Å². The molecule has 15 heavy (non-hydrogen) atoms. The monoisotopic (exact) mass is 232 g/mol. The minimum absolute atomic E-state index is 0.238. The molecule has 0 aliphatic carbocycles. The fourth-order valence-corrected chi connectivity index (χ4v) is 2.22. The Labute approximate surface area is 94.2 Å². The van der Waals surface area contributed by atoms with Gasteiger partial charge in [0.05, 0.1) is 19.8 Å². The Morgan fingerprint density at radius 3 is 2.07 bits per heavy atom. The van der Waals surface area contributed by atoms with E-state index < -0.39 is 14.1 Å². The van der Waals surface area contributed by atoms with Gasteiger partial charge >= 0.3 is 0 Å². The summed E-state index contributed by atoms with van der Waals surface area (Å²) in [5.74, 6) is -0.518. The van der Waals surface area contributed by atoms with Gasteiger partial charge in [-0.3, -0.25) is 0 Å². The zero-order valence-electron chi connectivity index (χ0n) is 10.8. The van der Waals surface area contributed by atoms with Gasteiger partial charge in [-0.1, -0.05) is 20.8 Å². The van der Waals surface area contributed by atoms with Crippen LogP contribution in [0.3, 0.4) is 0 Å². The Bertz CT molecular complexity index is 214. The second-order valence-electron chi connectivity index (χ2n) is 5.88. The molecule has 1 saturated heterocycles. The van der Waals surface area contributed by atoms with Crippen molar-refractivity contribution in [2.24, 2.45) is 0 Å². The van der Waals surface area contributed by atoms with Crippen molar-refractivity contribution in [3.63, 3.8) is 0 Å². The predicted molar refractivity (Wildman–Crippen MR) is 63.5 cm³/mol. The Morgan fingerprint density at radius 1 is 1.20 bits per heavy atom. The fraction of sp³-hybridized carbons (Fsp3) is 1.00. The molecule has 0 N–H and O–H groups in total. The molecular formula is C11H24O3Si. The normalized spacial score (nSPS) is 22.0. The van der Waals surface area contributed by atoms with Crippen LogP contribution in [0.25, 0.3) is 0 Å². The lowest BCUT2D eigenvalue weighted by atomic mass is 10.2. The van der Waals surface area contributed by atoms with E-state index in [-0.39, 0.29) is 5.04 Å². The average molecular weight is 232 g/mol. The molecule has 1 aliphatic heterocycles. The summed E-state index contributed by atoms with van der Waals surface area (Å²) in [6, 6.07) is 0. The van der Waals surface area contributed by atoms with Gasteiger partial charge in [-0.25, -0.2) is 0 Å². The van der Waals surface area contributed by atoms with E-state index in [1.807, 2.05) is 6.92 Å². The molecule has 0 aromatic rings. The minimum Gasteiger partial charge on any atom is -0.411 e. The van der Waals surface area contributed by atoms with Crippen LogP contribution in [0, 0.1) is 0 Å². The molecule has 1 rings (SSSR count). The molecule has 90 valence electrons. The molecule has 1 fully saturated rings. The third kappa shape index (κ3) is 3.28. The van der Waals surface area contributed by atoms with Crippen LogP contribution in [0.4, 0.5) is 0 Å². The van der Waals surface area contributed by atoms with Crippen molar-refractivity contribution in [2.45, 2.75) is 51.6 Å². The molecule has 0 aromatic heterocycles. The van der Waals surface area contributed by atoms with Crippen LogP contribution in [0.5, 0.6) is 0 Å². The molecule has 0 saturated carbocycles. The van der Waals surface area contributed by atoms with Crippen LogP contribution >= 0.6 is 0 Å². The number of hydrogen-bond donors (Lipinski definition) is 0. The summed E-state index contributed by atoms with van der Waals surface area (Å²) in [4.78, 5) is 0. The summed E-state index contributed by atoms with van der Waals surface area (Å²) < 4.78 is 17.1. The van der Waals surface area contributed by atoms with E-state index in [4.69, 9.17) is 13.9 Å². The molecule has 1 aliphatic rings. The topological polar surface area (TPSA) is 27.7 Å². The minimum atomic E-state index is -1.68. The Hall–Kier alpha value is 0.0969. The molecule has 0 amide bonds. The summed E-state index contributed by atoms with van der Waals surface area (Å²) in [5, 5.41) is 0.238. The Kier molecular flexibility index (Phi) is 3.65. The lowest BCUT2D eigenvalue weighted by Gasteiger charge is -2.38. The van der Waals surface area contributed by atoms with Gasteiger partial charge in [-0.15, -0.1) is 0 Å².